The summed E-state index contributed by atoms with van der Waals surface area (Å²) in [5.41, 5.74) is 3.07. The van der Waals surface area contributed by atoms with Crippen molar-refractivity contribution >= 4 is 23.5 Å². The van der Waals surface area contributed by atoms with Crippen molar-refractivity contribution in [3.8, 4) is 11.6 Å². The molecule has 0 saturated carbocycles. The fourth-order valence-electron chi connectivity index (χ4n) is 3.73. The lowest BCUT2D eigenvalue weighted by molar-refractivity contribution is -0.303. The second-order valence-electron chi connectivity index (χ2n) is 7.63. The van der Waals surface area contributed by atoms with Crippen LogP contribution >= 0.6 is 0 Å². The van der Waals surface area contributed by atoms with Crippen LogP contribution < -0.4 is 24.8 Å². The fraction of sp³-hybridized carbons (Fsp3) is 0.250. The summed E-state index contributed by atoms with van der Waals surface area (Å²) in [6, 6.07) is 15.4. The van der Waals surface area contributed by atoms with Crippen LogP contribution in [0.2, 0.25) is 0 Å². The SMILES string of the molecule is COc1ccc(COc2nc(N3c4ccccc4CC3C)ncc2C(=O)NCC(=O)[O-])cc1. The molecule has 3 aromatic rings. The third-order valence-corrected chi connectivity index (χ3v) is 5.34. The molecule has 4 rings (SSSR count). The molecule has 0 saturated heterocycles. The van der Waals surface area contributed by atoms with Crippen LogP contribution in [0.15, 0.2) is 54.7 Å². The molecular formula is C24H23N4O5-. The molecule has 9 nitrogen and oxygen atoms in total. The number of amides is 1. The summed E-state index contributed by atoms with van der Waals surface area (Å²) in [4.78, 5) is 34.3. The second kappa shape index (κ2) is 9.56. The Balaban J connectivity index is 1.64. The van der Waals surface area contributed by atoms with Crippen LogP contribution in [-0.4, -0.2) is 41.5 Å². The number of methoxy groups -OCH3 is 1. The molecule has 1 atom stereocenters. The highest BCUT2D eigenvalue weighted by molar-refractivity contribution is 5.97. The van der Waals surface area contributed by atoms with Gasteiger partial charge in [0.15, 0.2) is 0 Å². The van der Waals surface area contributed by atoms with Gasteiger partial charge in [-0.1, -0.05) is 30.3 Å². The molecule has 33 heavy (non-hydrogen) atoms. The van der Waals surface area contributed by atoms with Gasteiger partial charge >= 0.3 is 0 Å². The summed E-state index contributed by atoms with van der Waals surface area (Å²) in [5, 5.41) is 13.0. The predicted octanol–water partition coefficient (Wildman–Crippen LogP) is 1.63. The lowest BCUT2D eigenvalue weighted by Gasteiger charge is -2.23. The van der Waals surface area contributed by atoms with Gasteiger partial charge in [0, 0.05) is 17.9 Å². The van der Waals surface area contributed by atoms with Gasteiger partial charge in [0.05, 0.1) is 19.6 Å². The smallest absolute Gasteiger partial charge is 0.258 e. The first kappa shape index (κ1) is 22.1. The number of benzene rings is 2. The summed E-state index contributed by atoms with van der Waals surface area (Å²) < 4.78 is 11.1. The molecule has 9 heteroatoms. The van der Waals surface area contributed by atoms with Crippen molar-refractivity contribution in [3.63, 3.8) is 0 Å². The van der Waals surface area contributed by atoms with Crippen LogP contribution in [-0.2, 0) is 17.8 Å². The van der Waals surface area contributed by atoms with Crippen LogP contribution in [0, 0.1) is 0 Å². The normalized spacial score (nSPS) is 14.5. The average molecular weight is 447 g/mol. The molecule has 0 aliphatic carbocycles. The highest BCUT2D eigenvalue weighted by Gasteiger charge is 2.30. The minimum Gasteiger partial charge on any atom is -0.548 e. The molecule has 2 heterocycles. The first-order valence-electron chi connectivity index (χ1n) is 10.4. The molecule has 0 bridgehead atoms. The van der Waals surface area contributed by atoms with Gasteiger partial charge in [0.2, 0.25) is 11.8 Å². The van der Waals surface area contributed by atoms with Crippen LogP contribution in [0.25, 0.3) is 0 Å². The Bertz CT molecular complexity index is 1170. The Morgan fingerprint density at radius 3 is 2.67 bits per heavy atom. The Labute approximate surface area is 191 Å². The van der Waals surface area contributed by atoms with Crippen LogP contribution in [0.1, 0.15) is 28.4 Å². The molecule has 0 radical (unpaired) electrons. The lowest BCUT2D eigenvalue weighted by atomic mass is 10.1. The van der Waals surface area contributed by atoms with Crippen molar-refractivity contribution in [2.75, 3.05) is 18.6 Å². The third kappa shape index (κ3) is 4.87. The first-order chi connectivity index (χ1) is 16.0. The first-order valence-corrected chi connectivity index (χ1v) is 10.4. The van der Waals surface area contributed by atoms with Gasteiger partial charge < -0.3 is 29.6 Å². The van der Waals surface area contributed by atoms with E-state index < -0.39 is 18.4 Å². The zero-order chi connectivity index (χ0) is 23.4. The van der Waals surface area contributed by atoms with Crippen molar-refractivity contribution in [1.29, 1.82) is 0 Å². The Morgan fingerprint density at radius 1 is 1.18 bits per heavy atom. The number of anilines is 2. The van der Waals surface area contributed by atoms with Crippen molar-refractivity contribution in [2.24, 2.45) is 0 Å². The molecule has 1 amide bonds. The van der Waals surface area contributed by atoms with Gasteiger partial charge in [-0.05, 0) is 42.7 Å². The molecule has 1 aromatic heterocycles. The lowest BCUT2D eigenvalue weighted by Crippen LogP contribution is -2.38. The number of nitrogens with one attached hydrogen (secondary N) is 1. The standard InChI is InChI=1S/C24H24N4O5/c1-15-11-17-5-3-4-6-20(17)28(15)24-26-12-19(22(31)25-13-21(29)30)23(27-24)33-14-16-7-9-18(32-2)10-8-16/h3-10,12,15H,11,13-14H2,1-2H3,(H,25,31)(H,29,30)/p-1. The number of nitrogens with zero attached hydrogens (tertiary/aromatic N) is 3. The molecule has 1 aliphatic rings. The second-order valence-corrected chi connectivity index (χ2v) is 7.63. The molecule has 1 unspecified atom stereocenters. The monoisotopic (exact) mass is 447 g/mol. The topological polar surface area (TPSA) is 117 Å². The number of carbonyl (C=O) groups is 2. The number of ether oxygens (including phenoxy) is 2. The molecule has 2 aromatic carbocycles. The maximum absolute atomic E-state index is 12.6. The molecule has 170 valence electrons. The molecule has 1 aliphatic heterocycles. The number of carboxylic acids is 1. The number of rotatable bonds is 8. The minimum absolute atomic E-state index is 0.0358. The van der Waals surface area contributed by atoms with Crippen molar-refractivity contribution in [3.05, 3.63) is 71.4 Å². The van der Waals surface area contributed by atoms with Crippen molar-refractivity contribution in [1.82, 2.24) is 15.3 Å². The van der Waals surface area contributed by atoms with Crippen LogP contribution in [0.3, 0.4) is 0 Å². The number of aromatic nitrogens is 2. The van der Waals surface area contributed by atoms with Gasteiger partial charge in [0.25, 0.3) is 5.91 Å². The number of para-hydroxylation sites is 1. The minimum atomic E-state index is -1.40. The third-order valence-electron chi connectivity index (χ3n) is 5.34. The van der Waals surface area contributed by atoms with E-state index in [-0.39, 0.29) is 24.1 Å². The summed E-state index contributed by atoms with van der Waals surface area (Å²) in [7, 11) is 1.59. The highest BCUT2D eigenvalue weighted by Crippen LogP contribution is 2.37. The number of aliphatic carboxylic acids is 1. The van der Waals surface area contributed by atoms with Gasteiger partial charge in [0.1, 0.15) is 17.9 Å². The van der Waals surface area contributed by atoms with Gasteiger partial charge in [-0.15, -0.1) is 0 Å². The van der Waals surface area contributed by atoms with E-state index in [1.165, 1.54) is 11.8 Å². The maximum Gasteiger partial charge on any atom is 0.258 e. The van der Waals surface area contributed by atoms with Crippen molar-refractivity contribution < 1.29 is 24.2 Å². The van der Waals surface area contributed by atoms with E-state index in [1.807, 2.05) is 35.2 Å². The maximum atomic E-state index is 12.6. The summed E-state index contributed by atoms with van der Waals surface area (Å²) in [6.07, 6.45) is 2.19. The molecule has 0 fully saturated rings. The van der Waals surface area contributed by atoms with E-state index in [9.17, 15) is 14.7 Å². The number of carbonyl (C=O) groups excluding carboxylic acids is 2. The fourth-order valence-corrected chi connectivity index (χ4v) is 3.73. The van der Waals surface area contributed by atoms with E-state index in [0.29, 0.717) is 11.7 Å². The van der Waals surface area contributed by atoms with Gasteiger partial charge in [-0.2, -0.15) is 4.98 Å². The zero-order valence-corrected chi connectivity index (χ0v) is 18.3. The van der Waals surface area contributed by atoms with Gasteiger partial charge in [-0.3, -0.25) is 4.79 Å². The van der Waals surface area contributed by atoms with Crippen molar-refractivity contribution in [2.45, 2.75) is 26.0 Å². The quantitative estimate of drug-likeness (QED) is 0.554. The van der Waals surface area contributed by atoms with E-state index in [1.54, 1.807) is 19.2 Å². The Morgan fingerprint density at radius 2 is 1.94 bits per heavy atom. The highest BCUT2D eigenvalue weighted by atomic mass is 16.5. The van der Waals surface area contributed by atoms with E-state index >= 15 is 0 Å². The molecule has 1 N–H and O–H groups in total. The predicted molar refractivity (Wildman–Crippen MR) is 118 cm³/mol. The number of hydrogen-bond acceptors (Lipinski definition) is 8. The molecule has 0 spiro atoms. The Hall–Kier alpha value is -4.14. The van der Waals surface area contributed by atoms with E-state index in [4.69, 9.17) is 9.47 Å². The summed E-state index contributed by atoms with van der Waals surface area (Å²) >= 11 is 0. The zero-order valence-electron chi connectivity index (χ0n) is 18.3. The number of fused-ring (bicyclic) bond motifs is 1. The Kier molecular flexibility index (Phi) is 6.39. The van der Waals surface area contributed by atoms with E-state index in [2.05, 4.69) is 28.3 Å². The average Bonchev–Trinajstić information content (AvgIpc) is 3.17. The van der Waals surface area contributed by atoms with Crippen LogP contribution in [0.5, 0.6) is 11.6 Å². The van der Waals surface area contributed by atoms with Gasteiger partial charge in [-0.25, -0.2) is 4.98 Å². The van der Waals surface area contributed by atoms with E-state index in [0.717, 1.165) is 17.7 Å². The molecular weight excluding hydrogens is 424 g/mol. The summed E-state index contributed by atoms with van der Waals surface area (Å²) in [6.45, 7) is 1.59. The summed E-state index contributed by atoms with van der Waals surface area (Å²) in [5.74, 6) is -0.890. The largest absolute Gasteiger partial charge is 0.548 e. The number of carboxylic acid groups (broad SMARTS) is 1. The number of hydrogen-bond donors (Lipinski definition) is 1. The van der Waals surface area contributed by atoms with Crippen LogP contribution in [0.4, 0.5) is 11.6 Å².